The average molecular weight is 598 g/mol. The van der Waals surface area contributed by atoms with Crippen LogP contribution in [-0.2, 0) is 28.6 Å². The van der Waals surface area contributed by atoms with Gasteiger partial charge in [0.1, 0.15) is 13.2 Å². The van der Waals surface area contributed by atoms with Gasteiger partial charge >= 0.3 is 17.9 Å². The first kappa shape index (κ1) is 40.4. The zero-order valence-corrected chi connectivity index (χ0v) is 28.0. The van der Waals surface area contributed by atoms with Gasteiger partial charge in [0.05, 0.1) is 0 Å². The maximum atomic E-state index is 12.4. The third kappa shape index (κ3) is 29.9. The molecular formula is C36H68O6. The Morgan fingerprint density at radius 3 is 0.952 bits per heavy atom. The molecule has 0 rings (SSSR count). The van der Waals surface area contributed by atoms with Gasteiger partial charge in [-0.1, -0.05) is 156 Å². The van der Waals surface area contributed by atoms with E-state index in [-0.39, 0.29) is 31.1 Å². The van der Waals surface area contributed by atoms with Crippen LogP contribution in [0.25, 0.3) is 0 Å². The normalized spacial score (nSPS) is 11.1. The monoisotopic (exact) mass is 598 g/mol. The minimum Gasteiger partial charge on any atom is -0.462 e. The molecule has 248 valence electrons. The summed E-state index contributed by atoms with van der Waals surface area (Å²) in [4.78, 5) is 37.1. The molecule has 0 amide bonds. The van der Waals surface area contributed by atoms with E-state index in [1.54, 1.807) is 0 Å². The highest BCUT2D eigenvalue weighted by atomic mass is 16.7. The third-order valence-corrected chi connectivity index (χ3v) is 7.86. The maximum Gasteiger partial charge on any atom is 0.306 e. The Kier molecular flexibility index (Phi) is 31.1. The molecule has 42 heavy (non-hydrogen) atoms. The standard InChI is InChI=1S/C36H68O6/c1-4-7-10-13-16-18-20-23-25-28-34(37)40-31-33(42-36(39)30-27-22-15-12-9-6-3)32-41-35(38)29-26-24-21-19-17-14-11-8-5-2/h33H,4-32H2,1-3H3/i36+1. The molecule has 0 saturated carbocycles. The van der Waals surface area contributed by atoms with Crippen molar-refractivity contribution in [2.75, 3.05) is 13.2 Å². The van der Waals surface area contributed by atoms with Crippen molar-refractivity contribution in [3.8, 4) is 0 Å². The second kappa shape index (κ2) is 32.3. The summed E-state index contributed by atoms with van der Waals surface area (Å²) in [5.41, 5.74) is 0. The van der Waals surface area contributed by atoms with Gasteiger partial charge in [-0.15, -0.1) is 0 Å². The summed E-state index contributed by atoms with van der Waals surface area (Å²) in [7, 11) is 0. The summed E-state index contributed by atoms with van der Waals surface area (Å²) in [6.07, 6.45) is 28.2. The van der Waals surface area contributed by atoms with Gasteiger partial charge in [-0.25, -0.2) is 0 Å². The van der Waals surface area contributed by atoms with Crippen molar-refractivity contribution in [3.05, 3.63) is 0 Å². The largest absolute Gasteiger partial charge is 0.462 e. The topological polar surface area (TPSA) is 78.9 Å². The summed E-state index contributed by atoms with van der Waals surface area (Å²) in [6, 6.07) is 0. The molecule has 0 aliphatic rings. The minimum absolute atomic E-state index is 0.0657. The zero-order chi connectivity index (χ0) is 30.9. The lowest BCUT2D eigenvalue weighted by Gasteiger charge is -2.18. The van der Waals surface area contributed by atoms with E-state index < -0.39 is 6.10 Å². The van der Waals surface area contributed by atoms with Gasteiger partial charge in [-0.3, -0.25) is 14.4 Å². The van der Waals surface area contributed by atoms with Crippen molar-refractivity contribution in [3.63, 3.8) is 0 Å². The SMILES string of the molecule is CCCCCCCCCCCC(=O)OCC(COC(=O)CCCCCCCCCCC)O[13C](=O)CCCCCCCC. The lowest BCUT2D eigenvalue weighted by molar-refractivity contribution is -0.167. The van der Waals surface area contributed by atoms with E-state index in [2.05, 4.69) is 20.8 Å². The molecular weight excluding hydrogens is 529 g/mol. The fourth-order valence-electron chi connectivity index (χ4n) is 5.09. The molecule has 0 aliphatic heterocycles. The van der Waals surface area contributed by atoms with Crippen LogP contribution in [0.2, 0.25) is 0 Å². The maximum absolute atomic E-state index is 12.4. The van der Waals surface area contributed by atoms with Crippen LogP contribution in [0, 0.1) is 0 Å². The zero-order valence-electron chi connectivity index (χ0n) is 28.0. The first-order valence-electron chi connectivity index (χ1n) is 18.0. The van der Waals surface area contributed by atoms with Crippen molar-refractivity contribution in [2.24, 2.45) is 0 Å². The van der Waals surface area contributed by atoms with Gasteiger partial charge < -0.3 is 14.2 Å². The van der Waals surface area contributed by atoms with Crippen LogP contribution in [0.1, 0.15) is 194 Å². The fraction of sp³-hybridized carbons (Fsp3) is 0.917. The van der Waals surface area contributed by atoms with E-state index in [1.807, 2.05) is 0 Å². The van der Waals surface area contributed by atoms with Crippen molar-refractivity contribution in [2.45, 2.75) is 200 Å². The second-order valence-electron chi connectivity index (χ2n) is 12.2. The molecule has 0 aliphatic carbocycles. The van der Waals surface area contributed by atoms with E-state index in [0.29, 0.717) is 19.3 Å². The van der Waals surface area contributed by atoms with Crippen LogP contribution in [0.5, 0.6) is 0 Å². The molecule has 0 fully saturated rings. The summed E-state index contributed by atoms with van der Waals surface area (Å²) in [6.45, 7) is 6.51. The highest BCUT2D eigenvalue weighted by Crippen LogP contribution is 2.13. The first-order chi connectivity index (χ1) is 20.5. The molecule has 0 radical (unpaired) electrons. The van der Waals surface area contributed by atoms with E-state index in [1.165, 1.54) is 96.3 Å². The van der Waals surface area contributed by atoms with Crippen LogP contribution in [0.4, 0.5) is 0 Å². The highest BCUT2D eigenvalue weighted by molar-refractivity contribution is 5.71. The first-order valence-corrected chi connectivity index (χ1v) is 18.0. The summed E-state index contributed by atoms with van der Waals surface area (Å²) in [5, 5.41) is 0. The van der Waals surface area contributed by atoms with Gasteiger partial charge in [0, 0.05) is 19.3 Å². The molecule has 0 N–H and O–H groups in total. The van der Waals surface area contributed by atoms with Gasteiger partial charge in [0.25, 0.3) is 0 Å². The number of carbonyl (C=O) groups is 3. The Labute approximate surface area is 259 Å². The van der Waals surface area contributed by atoms with Crippen LogP contribution in [0.15, 0.2) is 0 Å². The molecule has 0 saturated heterocycles. The van der Waals surface area contributed by atoms with Crippen LogP contribution < -0.4 is 0 Å². The lowest BCUT2D eigenvalue weighted by Crippen LogP contribution is -2.30. The Hall–Kier alpha value is -1.59. The van der Waals surface area contributed by atoms with Crippen LogP contribution in [-0.4, -0.2) is 37.2 Å². The number of hydrogen-bond acceptors (Lipinski definition) is 6. The van der Waals surface area contributed by atoms with Crippen LogP contribution in [0.3, 0.4) is 0 Å². The summed E-state index contributed by atoms with van der Waals surface area (Å²) >= 11 is 0. The lowest BCUT2D eigenvalue weighted by atomic mass is 10.1. The van der Waals surface area contributed by atoms with E-state index in [9.17, 15) is 14.4 Å². The van der Waals surface area contributed by atoms with E-state index >= 15 is 0 Å². The van der Waals surface area contributed by atoms with Crippen molar-refractivity contribution < 1.29 is 28.6 Å². The van der Waals surface area contributed by atoms with Crippen molar-refractivity contribution in [1.29, 1.82) is 0 Å². The number of unbranched alkanes of at least 4 members (excludes halogenated alkanes) is 21. The molecule has 6 nitrogen and oxygen atoms in total. The Morgan fingerprint density at radius 2 is 0.643 bits per heavy atom. The number of carbonyl (C=O) groups excluding carboxylic acids is 3. The predicted molar refractivity (Wildman–Crippen MR) is 173 cm³/mol. The molecule has 0 aromatic carbocycles. The quantitative estimate of drug-likeness (QED) is 0.0332. The third-order valence-electron chi connectivity index (χ3n) is 7.86. The smallest absolute Gasteiger partial charge is 0.306 e. The molecule has 0 heterocycles. The number of esters is 3. The summed E-state index contributed by atoms with van der Waals surface area (Å²) < 4.78 is 16.4. The minimum atomic E-state index is -0.753. The van der Waals surface area contributed by atoms with Crippen molar-refractivity contribution >= 4 is 17.9 Å². The average Bonchev–Trinajstić information content (AvgIpc) is 2.98. The predicted octanol–water partition coefficient (Wildman–Crippen LogP) is 10.6. The Morgan fingerprint density at radius 1 is 0.381 bits per heavy atom. The van der Waals surface area contributed by atoms with E-state index in [0.717, 1.165) is 57.8 Å². The second-order valence-corrected chi connectivity index (χ2v) is 12.2. The molecule has 0 unspecified atom stereocenters. The van der Waals surface area contributed by atoms with Gasteiger partial charge in [-0.2, -0.15) is 0 Å². The number of rotatable bonds is 32. The van der Waals surface area contributed by atoms with E-state index in [4.69, 9.17) is 14.2 Å². The number of ether oxygens (including phenoxy) is 3. The van der Waals surface area contributed by atoms with Gasteiger partial charge in [0.2, 0.25) is 0 Å². The molecule has 0 aromatic rings. The molecule has 0 bridgehead atoms. The Balaban J connectivity index is 4.31. The molecule has 6 heteroatoms. The summed E-state index contributed by atoms with van der Waals surface area (Å²) in [5.74, 6) is -0.882. The van der Waals surface area contributed by atoms with Gasteiger partial charge in [-0.05, 0) is 19.3 Å². The molecule has 0 atom stereocenters. The highest BCUT2D eigenvalue weighted by Gasteiger charge is 2.19. The Bertz CT molecular complexity index is 582. The molecule has 0 aromatic heterocycles. The number of hydrogen-bond donors (Lipinski definition) is 0. The van der Waals surface area contributed by atoms with Crippen molar-refractivity contribution in [1.82, 2.24) is 0 Å². The fourth-order valence-corrected chi connectivity index (χ4v) is 5.09. The van der Waals surface area contributed by atoms with Crippen LogP contribution >= 0.6 is 0 Å². The molecule has 0 spiro atoms. The van der Waals surface area contributed by atoms with Gasteiger partial charge in [0.15, 0.2) is 6.10 Å².